The lowest BCUT2D eigenvalue weighted by molar-refractivity contribution is -0.249. The molecule has 0 spiro atoms. The van der Waals surface area contributed by atoms with Gasteiger partial charge in [-0.3, -0.25) is 4.89 Å². The molecule has 0 bridgehead atoms. The van der Waals surface area contributed by atoms with Crippen molar-refractivity contribution in [2.75, 3.05) is 0 Å². The molecule has 0 aromatic carbocycles. The quantitative estimate of drug-likeness (QED) is 0.180. The van der Waals surface area contributed by atoms with Gasteiger partial charge in [-0.1, -0.05) is 0 Å². The van der Waals surface area contributed by atoms with E-state index < -0.39 is 30.4 Å². The second-order valence-electron chi connectivity index (χ2n) is 2.46. The highest BCUT2D eigenvalue weighted by molar-refractivity contribution is 5.74. The predicted octanol–water partition coefficient (Wildman–Crippen LogP) is -3.35. The Labute approximate surface area is 77.9 Å². The molecule has 82 valence electrons. The Morgan fingerprint density at radius 1 is 1.14 bits per heavy atom. The molecule has 0 saturated heterocycles. The van der Waals surface area contributed by atoms with Gasteiger partial charge in [0.1, 0.15) is 18.3 Å². The van der Waals surface area contributed by atoms with Gasteiger partial charge in [0.25, 0.3) is 0 Å². The minimum absolute atomic E-state index is 0.0924. The van der Waals surface area contributed by atoms with E-state index in [2.05, 4.69) is 4.89 Å². The van der Waals surface area contributed by atoms with Crippen molar-refractivity contribution in [3.8, 4) is 0 Å². The molecule has 8 heteroatoms. The Bertz CT molecular complexity index is 204. The Morgan fingerprint density at radius 2 is 1.64 bits per heavy atom. The van der Waals surface area contributed by atoms with Crippen LogP contribution in [0.5, 0.6) is 0 Å². The molecule has 0 aliphatic heterocycles. The summed E-state index contributed by atoms with van der Waals surface area (Å²) in [7, 11) is 0. The Kier molecular flexibility index (Phi) is 5.20. The molecule has 5 N–H and O–H groups in total. The summed E-state index contributed by atoms with van der Waals surface area (Å²) in [6, 6.07) is 0. The number of aliphatic hydroxyl groups is 4. The second-order valence-corrected chi connectivity index (χ2v) is 2.46. The van der Waals surface area contributed by atoms with Gasteiger partial charge >= 0.3 is 5.97 Å². The molecular weight excluding hydrogens is 200 g/mol. The van der Waals surface area contributed by atoms with Gasteiger partial charge in [-0.2, -0.15) is 5.26 Å². The van der Waals surface area contributed by atoms with Crippen molar-refractivity contribution in [1.29, 1.82) is 0 Å². The van der Waals surface area contributed by atoms with Crippen molar-refractivity contribution in [1.82, 2.24) is 0 Å². The van der Waals surface area contributed by atoms with Crippen LogP contribution in [0.4, 0.5) is 0 Å². The van der Waals surface area contributed by atoms with Crippen molar-refractivity contribution in [3.63, 3.8) is 0 Å². The second kappa shape index (κ2) is 5.62. The molecule has 0 aliphatic rings. The van der Waals surface area contributed by atoms with Crippen LogP contribution in [0.15, 0.2) is 0 Å². The lowest BCUT2D eigenvalue weighted by atomic mass is 10.0. The van der Waals surface area contributed by atoms with Crippen LogP contribution in [-0.2, 0) is 14.5 Å². The molecule has 0 amide bonds. The van der Waals surface area contributed by atoms with Crippen molar-refractivity contribution in [2.24, 2.45) is 0 Å². The van der Waals surface area contributed by atoms with E-state index in [0.717, 1.165) is 0 Å². The lowest BCUT2D eigenvalue weighted by Crippen LogP contribution is -2.48. The molecule has 0 heterocycles. The monoisotopic (exact) mass is 210 g/mol. The normalized spacial score (nSPS) is 19.2. The molecule has 4 unspecified atom stereocenters. The molecule has 0 rings (SSSR count). The first-order chi connectivity index (χ1) is 6.45. The number of carbonyl (C=O) groups excluding carboxylic acids is 2. The first-order valence-corrected chi connectivity index (χ1v) is 3.48. The van der Waals surface area contributed by atoms with Gasteiger partial charge in [-0.25, -0.2) is 4.79 Å². The molecular formula is C6H10O8. The molecule has 0 fully saturated rings. The third-order valence-electron chi connectivity index (χ3n) is 1.49. The first kappa shape index (κ1) is 12.9. The summed E-state index contributed by atoms with van der Waals surface area (Å²) >= 11 is 0. The van der Waals surface area contributed by atoms with Gasteiger partial charge in [0, 0.05) is 0 Å². The van der Waals surface area contributed by atoms with E-state index in [4.69, 9.17) is 25.7 Å². The third kappa shape index (κ3) is 3.01. The maximum Gasteiger partial charge on any atom is 0.373 e. The molecule has 0 saturated carbocycles. The summed E-state index contributed by atoms with van der Waals surface area (Å²) in [5, 5.41) is 43.2. The Hall–Kier alpha value is -1.06. The van der Waals surface area contributed by atoms with Crippen LogP contribution < -0.4 is 0 Å². The fraction of sp³-hybridized carbons (Fsp3) is 0.667. The third-order valence-corrected chi connectivity index (χ3v) is 1.49. The van der Waals surface area contributed by atoms with E-state index >= 15 is 0 Å². The van der Waals surface area contributed by atoms with E-state index in [-0.39, 0.29) is 6.29 Å². The topological polar surface area (TPSA) is 145 Å². The minimum Gasteiger partial charge on any atom is -0.387 e. The summed E-state index contributed by atoms with van der Waals surface area (Å²) in [6.07, 6.45) is -8.50. The Balaban J connectivity index is 4.37. The average molecular weight is 210 g/mol. The van der Waals surface area contributed by atoms with Gasteiger partial charge in [-0.15, -0.1) is 0 Å². The molecule has 0 aromatic heterocycles. The van der Waals surface area contributed by atoms with Gasteiger partial charge in [-0.05, 0) is 0 Å². The number of hydrogen-bond donors (Lipinski definition) is 5. The fourth-order valence-electron chi connectivity index (χ4n) is 0.663. The van der Waals surface area contributed by atoms with E-state index in [9.17, 15) is 9.59 Å². The highest BCUT2D eigenvalue weighted by atomic mass is 17.1. The zero-order valence-electron chi connectivity index (χ0n) is 6.85. The fourth-order valence-corrected chi connectivity index (χ4v) is 0.663. The predicted molar refractivity (Wildman–Crippen MR) is 38.8 cm³/mol. The standard InChI is InChI=1S/C6H10O8/c7-1-2(8)3(9)4(10)5(11)6(12)14-13/h1-5,8-11,13H. The van der Waals surface area contributed by atoms with E-state index in [0.29, 0.717) is 0 Å². The van der Waals surface area contributed by atoms with Crippen molar-refractivity contribution >= 4 is 12.3 Å². The maximum atomic E-state index is 10.4. The van der Waals surface area contributed by atoms with Gasteiger partial charge < -0.3 is 25.2 Å². The van der Waals surface area contributed by atoms with E-state index in [1.54, 1.807) is 0 Å². The molecule has 4 atom stereocenters. The maximum absolute atomic E-state index is 10.4. The molecule has 0 aliphatic carbocycles. The molecule has 0 radical (unpaired) electrons. The first-order valence-electron chi connectivity index (χ1n) is 3.48. The van der Waals surface area contributed by atoms with E-state index in [1.165, 1.54) is 0 Å². The number of rotatable bonds is 5. The van der Waals surface area contributed by atoms with Crippen LogP contribution in [0.2, 0.25) is 0 Å². The summed E-state index contributed by atoms with van der Waals surface area (Å²) in [6.45, 7) is 0. The number of carbonyl (C=O) groups is 2. The van der Waals surface area contributed by atoms with Crippen LogP contribution in [0.1, 0.15) is 0 Å². The highest BCUT2D eigenvalue weighted by Crippen LogP contribution is 2.05. The zero-order valence-corrected chi connectivity index (χ0v) is 6.85. The van der Waals surface area contributed by atoms with Gasteiger partial charge in [0.15, 0.2) is 12.4 Å². The molecule has 8 nitrogen and oxygen atoms in total. The van der Waals surface area contributed by atoms with Gasteiger partial charge in [0.2, 0.25) is 0 Å². The lowest BCUT2D eigenvalue weighted by Gasteiger charge is -2.21. The van der Waals surface area contributed by atoms with Crippen molar-refractivity contribution in [3.05, 3.63) is 0 Å². The Morgan fingerprint density at radius 3 is 2.00 bits per heavy atom. The van der Waals surface area contributed by atoms with E-state index in [1.807, 2.05) is 0 Å². The van der Waals surface area contributed by atoms with Crippen LogP contribution in [0, 0.1) is 0 Å². The highest BCUT2D eigenvalue weighted by Gasteiger charge is 2.35. The number of aldehydes is 1. The summed E-state index contributed by atoms with van der Waals surface area (Å²) in [5.41, 5.74) is 0. The van der Waals surface area contributed by atoms with Crippen molar-refractivity contribution in [2.45, 2.75) is 24.4 Å². The van der Waals surface area contributed by atoms with Crippen LogP contribution >= 0.6 is 0 Å². The SMILES string of the molecule is O=CC(O)C(O)C(O)C(O)C(=O)OO. The smallest absolute Gasteiger partial charge is 0.373 e. The molecule has 14 heavy (non-hydrogen) atoms. The average Bonchev–Trinajstić information content (AvgIpc) is 2.23. The minimum atomic E-state index is -2.26. The summed E-state index contributed by atoms with van der Waals surface area (Å²) in [4.78, 5) is 23.4. The molecule has 0 aromatic rings. The largest absolute Gasteiger partial charge is 0.387 e. The summed E-state index contributed by atoms with van der Waals surface area (Å²) < 4.78 is 0. The van der Waals surface area contributed by atoms with Crippen molar-refractivity contribution < 1.29 is 40.2 Å². The number of hydrogen-bond acceptors (Lipinski definition) is 8. The zero-order chi connectivity index (χ0) is 11.3. The van der Waals surface area contributed by atoms with Gasteiger partial charge in [0.05, 0.1) is 0 Å². The number of aliphatic hydroxyl groups excluding tert-OH is 4. The van der Waals surface area contributed by atoms with Crippen LogP contribution in [-0.4, -0.2) is 62.4 Å². The summed E-state index contributed by atoms with van der Waals surface area (Å²) in [5.74, 6) is -1.62. The van der Waals surface area contributed by atoms with Crippen LogP contribution in [0.25, 0.3) is 0 Å². The van der Waals surface area contributed by atoms with Crippen LogP contribution in [0.3, 0.4) is 0 Å².